The van der Waals surface area contributed by atoms with E-state index < -0.39 is 14.1 Å². The Morgan fingerprint density at radius 3 is 1.54 bits per heavy atom. The smallest absolute Gasteiger partial charge is 0.259 e. The first-order valence-corrected chi connectivity index (χ1v) is 14.2. The summed E-state index contributed by atoms with van der Waals surface area (Å²) >= 11 is 0. The van der Waals surface area contributed by atoms with E-state index in [9.17, 15) is 0 Å². The quantitative estimate of drug-likeness (QED) is 0.117. The van der Waals surface area contributed by atoms with Gasteiger partial charge in [0, 0.05) is 12.1 Å². The van der Waals surface area contributed by atoms with Crippen LogP contribution < -0.4 is 0 Å². The van der Waals surface area contributed by atoms with Crippen LogP contribution in [0.2, 0.25) is 0 Å². The van der Waals surface area contributed by atoms with Crippen molar-refractivity contribution in [3.63, 3.8) is 0 Å². The predicted octanol–water partition coefficient (Wildman–Crippen LogP) is 7.68. The lowest BCUT2D eigenvalue weighted by Gasteiger charge is -2.36. The number of nitrogens with zero attached hydrogens (tertiary/aromatic N) is 2. The summed E-state index contributed by atoms with van der Waals surface area (Å²) in [6, 6.07) is 33.9. The van der Waals surface area contributed by atoms with Crippen LogP contribution in [0.3, 0.4) is 0 Å². The van der Waals surface area contributed by atoms with Crippen molar-refractivity contribution < 1.29 is 13.8 Å². The standard InChI is InChI=1S/C31H39N2O3P/c1-26(2)33(27(3)4)37(35-24-14-22-32)36-25-15-23-34-31(28-16-8-5-9-17-28,29-18-10-6-11-19-29)30-20-12-7-13-21-30/h5-13,16-21,26-27H,14-15,23-25H2,1-4H3. The van der Waals surface area contributed by atoms with Gasteiger partial charge in [-0.25, -0.2) is 4.67 Å². The van der Waals surface area contributed by atoms with Gasteiger partial charge in [-0.3, -0.25) is 0 Å². The van der Waals surface area contributed by atoms with Crippen molar-refractivity contribution in [3.05, 3.63) is 108 Å². The van der Waals surface area contributed by atoms with E-state index in [0.29, 0.717) is 32.7 Å². The van der Waals surface area contributed by atoms with Gasteiger partial charge in [0.05, 0.1) is 32.3 Å². The van der Waals surface area contributed by atoms with Crippen LogP contribution in [0.1, 0.15) is 57.2 Å². The van der Waals surface area contributed by atoms with Crippen molar-refractivity contribution in [2.24, 2.45) is 0 Å². The summed E-state index contributed by atoms with van der Waals surface area (Å²) in [6.07, 6.45) is 1.06. The normalized spacial score (nSPS) is 12.7. The number of hydrogen-bond acceptors (Lipinski definition) is 5. The Hall–Kier alpha value is -2.58. The van der Waals surface area contributed by atoms with E-state index in [2.05, 4.69) is 111 Å². The van der Waals surface area contributed by atoms with Crippen LogP contribution in [0.5, 0.6) is 0 Å². The first kappa shape index (κ1) is 29.0. The molecule has 0 saturated carbocycles. The lowest BCUT2D eigenvalue weighted by molar-refractivity contribution is 0.00636. The molecule has 0 amide bonds. The predicted molar refractivity (Wildman–Crippen MR) is 151 cm³/mol. The minimum atomic E-state index is -1.26. The number of nitriles is 1. The van der Waals surface area contributed by atoms with Gasteiger partial charge >= 0.3 is 0 Å². The van der Waals surface area contributed by atoms with Gasteiger partial charge in [-0.1, -0.05) is 91.0 Å². The number of ether oxygens (including phenoxy) is 1. The van der Waals surface area contributed by atoms with Crippen LogP contribution in [-0.2, 0) is 19.4 Å². The van der Waals surface area contributed by atoms with Crippen LogP contribution in [0.15, 0.2) is 91.0 Å². The molecular formula is C31H39N2O3P. The molecule has 1 unspecified atom stereocenters. The van der Waals surface area contributed by atoms with E-state index in [1.165, 1.54) is 0 Å². The molecule has 0 spiro atoms. The second kappa shape index (κ2) is 15.0. The lowest BCUT2D eigenvalue weighted by atomic mass is 9.80. The van der Waals surface area contributed by atoms with Gasteiger partial charge in [0.2, 0.25) is 0 Å². The highest BCUT2D eigenvalue weighted by atomic mass is 31.2. The number of rotatable bonds is 15. The maximum Gasteiger partial charge on any atom is 0.259 e. The Balaban J connectivity index is 1.79. The van der Waals surface area contributed by atoms with Gasteiger partial charge in [0.1, 0.15) is 5.60 Å². The molecule has 0 bridgehead atoms. The third-order valence-electron chi connectivity index (χ3n) is 6.01. The zero-order valence-electron chi connectivity index (χ0n) is 22.4. The van der Waals surface area contributed by atoms with Crippen LogP contribution in [-0.4, -0.2) is 36.6 Å². The molecule has 0 saturated heterocycles. The zero-order valence-corrected chi connectivity index (χ0v) is 23.3. The first-order chi connectivity index (χ1) is 18.0. The van der Waals surface area contributed by atoms with E-state index in [0.717, 1.165) is 16.7 Å². The van der Waals surface area contributed by atoms with Crippen LogP contribution in [0.25, 0.3) is 0 Å². The average molecular weight is 519 g/mol. The van der Waals surface area contributed by atoms with E-state index in [1.54, 1.807) is 0 Å². The topological polar surface area (TPSA) is 54.7 Å². The Morgan fingerprint density at radius 2 is 1.14 bits per heavy atom. The summed E-state index contributed by atoms with van der Waals surface area (Å²) in [7, 11) is -1.26. The van der Waals surface area contributed by atoms with E-state index in [1.807, 2.05) is 18.2 Å². The fourth-order valence-electron chi connectivity index (χ4n) is 4.51. The Morgan fingerprint density at radius 1 is 0.703 bits per heavy atom. The molecule has 6 heteroatoms. The molecule has 196 valence electrons. The first-order valence-electron chi connectivity index (χ1n) is 13.0. The molecule has 3 aromatic rings. The van der Waals surface area contributed by atoms with Crippen molar-refractivity contribution in [2.45, 2.75) is 58.2 Å². The second-order valence-corrected chi connectivity index (χ2v) is 10.8. The minimum absolute atomic E-state index is 0.270. The molecule has 37 heavy (non-hydrogen) atoms. The fraction of sp³-hybridized carbons (Fsp3) is 0.387. The Bertz CT molecular complexity index is 967. The maximum atomic E-state index is 8.95. The van der Waals surface area contributed by atoms with Crippen LogP contribution in [0, 0.1) is 11.3 Å². The molecule has 0 aliphatic carbocycles. The highest BCUT2D eigenvalue weighted by Gasteiger charge is 2.37. The van der Waals surface area contributed by atoms with Gasteiger partial charge in [0.15, 0.2) is 0 Å². The fourth-order valence-corrected chi connectivity index (χ4v) is 6.14. The highest BCUT2D eigenvalue weighted by molar-refractivity contribution is 7.44. The van der Waals surface area contributed by atoms with E-state index in [-0.39, 0.29) is 12.1 Å². The summed E-state index contributed by atoms with van der Waals surface area (Å²) in [4.78, 5) is 0. The van der Waals surface area contributed by atoms with Crippen molar-refractivity contribution in [3.8, 4) is 6.07 Å². The number of benzene rings is 3. The molecule has 0 radical (unpaired) electrons. The summed E-state index contributed by atoms with van der Waals surface area (Å²) in [5.41, 5.74) is 2.52. The van der Waals surface area contributed by atoms with Crippen LogP contribution in [0.4, 0.5) is 0 Å². The Labute approximate surface area is 224 Å². The van der Waals surface area contributed by atoms with Crippen molar-refractivity contribution in [1.82, 2.24) is 4.67 Å². The molecular weight excluding hydrogens is 479 g/mol. The SMILES string of the molecule is CC(C)N(C(C)C)P(OCCC#N)OCCCOC(c1ccccc1)(c1ccccc1)c1ccccc1. The van der Waals surface area contributed by atoms with E-state index in [4.69, 9.17) is 19.0 Å². The van der Waals surface area contributed by atoms with Gasteiger partial charge in [-0.15, -0.1) is 0 Å². The molecule has 0 aliphatic heterocycles. The highest BCUT2D eigenvalue weighted by Crippen LogP contribution is 2.46. The largest absolute Gasteiger partial charge is 0.361 e. The monoisotopic (exact) mass is 518 g/mol. The number of hydrogen-bond donors (Lipinski definition) is 0. The molecule has 0 aromatic heterocycles. The maximum absolute atomic E-state index is 8.95. The second-order valence-electron chi connectivity index (χ2n) is 9.36. The lowest BCUT2D eigenvalue weighted by Crippen LogP contribution is -2.34. The summed E-state index contributed by atoms with van der Waals surface area (Å²) in [5, 5.41) is 8.95. The van der Waals surface area contributed by atoms with E-state index >= 15 is 0 Å². The van der Waals surface area contributed by atoms with Gasteiger partial charge in [0.25, 0.3) is 8.53 Å². The minimum Gasteiger partial charge on any atom is -0.361 e. The zero-order chi connectivity index (χ0) is 26.5. The van der Waals surface area contributed by atoms with Gasteiger partial charge in [-0.05, 0) is 50.8 Å². The third-order valence-corrected chi connectivity index (χ3v) is 8.12. The molecule has 0 N–H and O–H groups in total. The molecule has 0 fully saturated rings. The summed E-state index contributed by atoms with van der Waals surface area (Å²) in [6.45, 7) is 9.94. The molecule has 3 rings (SSSR count). The van der Waals surface area contributed by atoms with Crippen LogP contribution >= 0.6 is 8.53 Å². The van der Waals surface area contributed by atoms with Gasteiger partial charge < -0.3 is 13.8 Å². The third kappa shape index (κ3) is 7.71. The Kier molecular flexibility index (Phi) is 11.7. The molecule has 3 aromatic carbocycles. The summed E-state index contributed by atoms with van der Waals surface area (Å²) in [5.74, 6) is 0. The molecule has 0 heterocycles. The molecule has 5 nitrogen and oxygen atoms in total. The van der Waals surface area contributed by atoms with Crippen molar-refractivity contribution in [1.29, 1.82) is 5.26 Å². The molecule has 0 aliphatic rings. The average Bonchev–Trinajstić information content (AvgIpc) is 2.92. The van der Waals surface area contributed by atoms with Crippen molar-refractivity contribution in [2.75, 3.05) is 19.8 Å². The molecule has 1 atom stereocenters. The van der Waals surface area contributed by atoms with Gasteiger partial charge in [-0.2, -0.15) is 5.26 Å². The van der Waals surface area contributed by atoms with Crippen molar-refractivity contribution >= 4 is 8.53 Å². The summed E-state index contributed by atoms with van der Waals surface area (Å²) < 4.78 is 21.4.